The number of rotatable bonds is 3. The van der Waals surface area contributed by atoms with Crippen molar-refractivity contribution in [2.75, 3.05) is 33.7 Å². The van der Waals surface area contributed by atoms with Crippen LogP contribution in [0.4, 0.5) is 4.39 Å². The number of hydrogen-bond acceptors (Lipinski definition) is 5. The van der Waals surface area contributed by atoms with Crippen LogP contribution in [0, 0.1) is 5.82 Å². The van der Waals surface area contributed by atoms with Gasteiger partial charge in [-0.15, -0.1) is 0 Å². The molecular weight excluding hydrogens is 299 g/mol. The van der Waals surface area contributed by atoms with E-state index in [1.807, 2.05) is 0 Å². The molecular formula is C12H17FN4O3S. The first-order chi connectivity index (χ1) is 9.84. The molecule has 1 unspecified atom stereocenters. The lowest BCUT2D eigenvalue weighted by atomic mass is 10.2. The molecule has 0 bridgehead atoms. The van der Waals surface area contributed by atoms with Crippen LogP contribution in [0.3, 0.4) is 0 Å². The average molecular weight is 316 g/mol. The van der Waals surface area contributed by atoms with Crippen molar-refractivity contribution in [1.82, 2.24) is 19.5 Å². The van der Waals surface area contributed by atoms with E-state index < -0.39 is 21.9 Å². The van der Waals surface area contributed by atoms with Gasteiger partial charge in [0.15, 0.2) is 0 Å². The molecule has 1 aromatic heterocycles. The van der Waals surface area contributed by atoms with Gasteiger partial charge in [-0.1, -0.05) is 0 Å². The summed E-state index contributed by atoms with van der Waals surface area (Å²) in [6.07, 6.45) is 2.01. The summed E-state index contributed by atoms with van der Waals surface area (Å²) in [6, 6.07) is 0.0590. The molecule has 1 N–H and O–H groups in total. The van der Waals surface area contributed by atoms with Crippen molar-refractivity contribution in [3.05, 3.63) is 24.3 Å². The zero-order valence-corrected chi connectivity index (χ0v) is 12.6. The molecule has 21 heavy (non-hydrogen) atoms. The van der Waals surface area contributed by atoms with E-state index in [9.17, 15) is 17.6 Å². The third-order valence-corrected chi connectivity index (χ3v) is 5.08. The first kappa shape index (κ1) is 15.8. The second kappa shape index (κ2) is 6.04. The van der Waals surface area contributed by atoms with Crippen LogP contribution in [0.5, 0.6) is 0 Å². The summed E-state index contributed by atoms with van der Waals surface area (Å²) in [7, 11) is -0.847. The van der Waals surface area contributed by atoms with E-state index in [4.69, 9.17) is 0 Å². The normalized spacial score (nSPS) is 20.2. The van der Waals surface area contributed by atoms with Crippen molar-refractivity contribution in [3.8, 4) is 0 Å². The summed E-state index contributed by atoms with van der Waals surface area (Å²) in [5.41, 5.74) is 0. The number of nitrogens with one attached hydrogen (secondary N) is 1. The number of nitrogens with zero attached hydrogens (tertiary/aromatic N) is 3. The van der Waals surface area contributed by atoms with Gasteiger partial charge >= 0.3 is 0 Å². The van der Waals surface area contributed by atoms with E-state index >= 15 is 0 Å². The molecule has 7 nitrogen and oxygen atoms in total. The molecule has 0 aliphatic carbocycles. The molecule has 1 aromatic rings. The third kappa shape index (κ3) is 3.20. The minimum atomic E-state index is -3.97. The maximum atomic E-state index is 13.2. The fourth-order valence-corrected chi connectivity index (χ4v) is 3.71. The Hall–Kier alpha value is -1.58. The smallest absolute Gasteiger partial charge is 0.245 e. The van der Waals surface area contributed by atoms with Gasteiger partial charge < -0.3 is 10.2 Å². The fraction of sp³-hybridized carbons (Fsp3) is 0.500. The number of pyridine rings is 1. The predicted octanol–water partition coefficient (Wildman–Crippen LogP) is -0.729. The number of carbonyl (C=O) groups is 1. The minimum Gasteiger partial charge on any atom is -0.347 e. The Morgan fingerprint density at radius 2 is 2.19 bits per heavy atom. The molecule has 2 rings (SSSR count). The van der Waals surface area contributed by atoms with Gasteiger partial charge in [0, 0.05) is 39.9 Å². The van der Waals surface area contributed by atoms with E-state index in [1.54, 1.807) is 14.1 Å². The number of aromatic nitrogens is 1. The van der Waals surface area contributed by atoms with Gasteiger partial charge in [0.25, 0.3) is 0 Å². The Labute approximate surface area is 122 Å². The number of piperazine rings is 1. The highest BCUT2D eigenvalue weighted by Gasteiger charge is 2.38. The van der Waals surface area contributed by atoms with Crippen molar-refractivity contribution in [2.45, 2.75) is 10.9 Å². The van der Waals surface area contributed by atoms with Crippen LogP contribution in [0.1, 0.15) is 0 Å². The Morgan fingerprint density at radius 3 is 2.81 bits per heavy atom. The number of sulfonamides is 1. The second-order valence-electron chi connectivity index (χ2n) is 4.91. The number of amides is 1. The van der Waals surface area contributed by atoms with Gasteiger partial charge in [-0.3, -0.25) is 9.78 Å². The van der Waals surface area contributed by atoms with Gasteiger partial charge in [-0.05, 0) is 6.07 Å². The van der Waals surface area contributed by atoms with Gasteiger partial charge in [0.1, 0.15) is 16.8 Å². The Morgan fingerprint density at radius 1 is 1.48 bits per heavy atom. The summed E-state index contributed by atoms with van der Waals surface area (Å²) in [5.74, 6) is -1.06. The summed E-state index contributed by atoms with van der Waals surface area (Å²) in [5, 5.41) is 2.99. The topological polar surface area (TPSA) is 82.6 Å². The Kier molecular flexibility index (Phi) is 4.55. The molecule has 9 heteroatoms. The van der Waals surface area contributed by atoms with Crippen LogP contribution >= 0.6 is 0 Å². The van der Waals surface area contributed by atoms with Gasteiger partial charge in [0.05, 0.1) is 6.20 Å². The molecule has 1 amide bonds. The summed E-state index contributed by atoms with van der Waals surface area (Å²) in [4.78, 5) is 16.8. The van der Waals surface area contributed by atoms with Crippen LogP contribution in [0.25, 0.3) is 0 Å². The fourth-order valence-electron chi connectivity index (χ4n) is 2.15. The van der Waals surface area contributed by atoms with Crippen molar-refractivity contribution in [2.24, 2.45) is 0 Å². The van der Waals surface area contributed by atoms with Crippen molar-refractivity contribution < 1.29 is 17.6 Å². The van der Waals surface area contributed by atoms with E-state index in [1.165, 1.54) is 4.90 Å². The highest BCUT2D eigenvalue weighted by Crippen LogP contribution is 2.20. The van der Waals surface area contributed by atoms with Crippen molar-refractivity contribution in [3.63, 3.8) is 0 Å². The molecule has 2 heterocycles. The largest absolute Gasteiger partial charge is 0.347 e. The highest BCUT2D eigenvalue weighted by molar-refractivity contribution is 7.89. The summed E-state index contributed by atoms with van der Waals surface area (Å²) in [6.45, 7) is 0.793. The molecule has 1 atom stereocenters. The molecule has 0 spiro atoms. The number of halogens is 1. The lowest BCUT2D eigenvalue weighted by Gasteiger charge is -2.35. The Balaban J connectivity index is 2.38. The van der Waals surface area contributed by atoms with Crippen LogP contribution < -0.4 is 5.32 Å². The quantitative estimate of drug-likeness (QED) is 0.795. The maximum Gasteiger partial charge on any atom is 0.245 e. The second-order valence-corrected chi connectivity index (χ2v) is 6.80. The summed E-state index contributed by atoms with van der Waals surface area (Å²) >= 11 is 0. The first-order valence-electron chi connectivity index (χ1n) is 6.38. The average Bonchev–Trinajstić information content (AvgIpc) is 2.46. The Bertz CT molecular complexity index is 635. The molecule has 0 radical (unpaired) electrons. The minimum absolute atomic E-state index is 0.142. The van der Waals surface area contributed by atoms with Gasteiger partial charge in [-0.2, -0.15) is 4.31 Å². The summed E-state index contributed by atoms with van der Waals surface area (Å²) < 4.78 is 39.5. The zero-order chi connectivity index (χ0) is 15.6. The number of likely N-dealkylation sites (N-methyl/N-ethyl adjacent to an activating group) is 1. The zero-order valence-electron chi connectivity index (χ0n) is 11.8. The lowest BCUT2D eigenvalue weighted by Crippen LogP contribution is -2.59. The SMILES string of the molecule is CN(C)C(=O)C1CNCCN1S(=O)(=O)c1cncc(F)c1. The van der Waals surface area contributed by atoms with Crippen LogP contribution in [0.15, 0.2) is 23.4 Å². The molecule has 1 aliphatic heterocycles. The van der Waals surface area contributed by atoms with Crippen LogP contribution in [0.2, 0.25) is 0 Å². The molecule has 1 fully saturated rings. The van der Waals surface area contributed by atoms with Crippen molar-refractivity contribution >= 4 is 15.9 Å². The molecule has 1 saturated heterocycles. The van der Waals surface area contributed by atoms with E-state index in [0.717, 1.165) is 22.8 Å². The van der Waals surface area contributed by atoms with E-state index in [0.29, 0.717) is 6.54 Å². The van der Waals surface area contributed by atoms with Gasteiger partial charge in [0.2, 0.25) is 15.9 Å². The predicted molar refractivity (Wildman–Crippen MR) is 73.4 cm³/mol. The number of hydrogen-bond donors (Lipinski definition) is 1. The molecule has 1 aliphatic rings. The van der Waals surface area contributed by atoms with E-state index in [-0.39, 0.29) is 23.9 Å². The first-order valence-corrected chi connectivity index (χ1v) is 7.82. The molecule has 116 valence electrons. The highest BCUT2D eigenvalue weighted by atomic mass is 32.2. The lowest BCUT2D eigenvalue weighted by molar-refractivity contribution is -0.133. The monoisotopic (exact) mass is 316 g/mol. The number of carbonyl (C=O) groups excluding carboxylic acids is 1. The van der Waals surface area contributed by atoms with E-state index in [2.05, 4.69) is 10.3 Å². The van der Waals surface area contributed by atoms with Crippen LogP contribution in [-0.2, 0) is 14.8 Å². The van der Waals surface area contributed by atoms with Crippen LogP contribution in [-0.4, -0.2) is 68.3 Å². The van der Waals surface area contributed by atoms with Crippen molar-refractivity contribution in [1.29, 1.82) is 0 Å². The molecule has 0 aromatic carbocycles. The third-order valence-electron chi connectivity index (χ3n) is 3.21. The van der Waals surface area contributed by atoms with Gasteiger partial charge in [-0.25, -0.2) is 12.8 Å². The maximum absolute atomic E-state index is 13.2. The standard InChI is InChI=1S/C12H17FN4O3S/c1-16(2)12(18)11-8-14-3-4-17(11)21(19,20)10-5-9(13)6-15-7-10/h5-7,11,14H,3-4,8H2,1-2H3. The molecule has 0 saturated carbocycles.